The fraction of sp³-hybridized carbons (Fsp3) is 0.867. The number of ether oxygens (including phenoxy) is 1. The van der Waals surface area contributed by atoms with Crippen LogP contribution in [-0.4, -0.2) is 50.7 Å². The molecule has 5 nitrogen and oxygen atoms in total. The van der Waals surface area contributed by atoms with E-state index in [-0.39, 0.29) is 12.4 Å². The molecule has 0 atom stereocenters. The van der Waals surface area contributed by atoms with Crippen molar-refractivity contribution >= 4 is 11.9 Å². The van der Waals surface area contributed by atoms with Gasteiger partial charge in [-0.15, -0.1) is 0 Å². The highest BCUT2D eigenvalue weighted by Gasteiger charge is 2.06. The van der Waals surface area contributed by atoms with E-state index >= 15 is 0 Å². The Kier molecular flexibility index (Phi) is 13.7. The van der Waals surface area contributed by atoms with Gasteiger partial charge in [-0.05, 0) is 12.8 Å². The van der Waals surface area contributed by atoms with Gasteiger partial charge in [-0.3, -0.25) is 4.79 Å². The number of unbranched alkanes of at least 4 members (excludes halogenated alkanes) is 4. The van der Waals surface area contributed by atoms with Gasteiger partial charge in [-0.2, -0.15) is 0 Å². The number of carboxylic acids is 1. The van der Waals surface area contributed by atoms with Crippen molar-refractivity contribution in [3.63, 3.8) is 0 Å². The number of carboxylic acid groups (broad SMARTS) is 1. The topological polar surface area (TPSA) is 66.4 Å². The van der Waals surface area contributed by atoms with E-state index in [2.05, 4.69) is 28.1 Å². The van der Waals surface area contributed by atoms with Gasteiger partial charge in [0.15, 0.2) is 0 Å². The molecule has 0 saturated carbocycles. The van der Waals surface area contributed by atoms with E-state index < -0.39 is 5.97 Å². The average molecular weight is 289 g/mol. The molecule has 0 heterocycles. The molecule has 0 aliphatic rings. The van der Waals surface area contributed by atoms with Crippen LogP contribution in [0.15, 0.2) is 0 Å². The average Bonchev–Trinajstić information content (AvgIpc) is 2.27. The maximum atomic E-state index is 10.3. The maximum Gasteiger partial charge on any atom is 0.302 e. The van der Waals surface area contributed by atoms with Crippen molar-refractivity contribution in [2.75, 3.05) is 34.3 Å². The van der Waals surface area contributed by atoms with Crippen LogP contribution in [0, 0.1) is 0 Å². The molecule has 0 bridgehead atoms. The minimum Gasteiger partial charge on any atom is -0.550 e. The fourth-order valence-corrected chi connectivity index (χ4v) is 1.34. The van der Waals surface area contributed by atoms with Gasteiger partial charge in [0.2, 0.25) is 0 Å². The molecule has 0 saturated heterocycles. The van der Waals surface area contributed by atoms with E-state index in [4.69, 9.17) is 4.74 Å². The molecule has 0 aliphatic carbocycles. The third-order valence-electron chi connectivity index (χ3n) is 2.55. The van der Waals surface area contributed by atoms with Crippen molar-refractivity contribution in [2.45, 2.75) is 52.4 Å². The third-order valence-corrected chi connectivity index (χ3v) is 2.55. The molecule has 0 radical (unpaired) electrons. The molecule has 120 valence electrons. The zero-order valence-electron chi connectivity index (χ0n) is 13.7. The second kappa shape index (κ2) is 12.9. The number of aliphatic carboxylic acids is 1. The van der Waals surface area contributed by atoms with Gasteiger partial charge in [0.1, 0.15) is 13.2 Å². The normalized spacial score (nSPS) is 10.4. The van der Waals surface area contributed by atoms with Crippen LogP contribution < -0.4 is 5.11 Å². The lowest BCUT2D eigenvalue weighted by atomic mass is 10.1. The van der Waals surface area contributed by atoms with Gasteiger partial charge in [0.05, 0.1) is 21.1 Å². The SMILES string of the molecule is CC(=O)OCC[N+](C)(C)C.CCCCCCCC(=O)[O-]. The first-order chi connectivity index (χ1) is 9.19. The lowest BCUT2D eigenvalue weighted by Crippen LogP contribution is -2.37. The van der Waals surface area contributed by atoms with Gasteiger partial charge in [0.25, 0.3) is 0 Å². The van der Waals surface area contributed by atoms with Gasteiger partial charge < -0.3 is 19.1 Å². The highest BCUT2D eigenvalue weighted by atomic mass is 16.5. The highest BCUT2D eigenvalue weighted by molar-refractivity contribution is 5.65. The summed E-state index contributed by atoms with van der Waals surface area (Å²) >= 11 is 0. The molecular weight excluding hydrogens is 258 g/mol. The van der Waals surface area contributed by atoms with E-state index in [0.29, 0.717) is 6.61 Å². The van der Waals surface area contributed by atoms with Crippen LogP contribution in [0.1, 0.15) is 52.4 Å². The van der Waals surface area contributed by atoms with Crippen LogP contribution in [0.5, 0.6) is 0 Å². The molecule has 0 aromatic rings. The summed E-state index contributed by atoms with van der Waals surface area (Å²) in [6.45, 7) is 4.94. The number of esters is 1. The maximum absolute atomic E-state index is 10.3. The molecule has 0 aliphatic heterocycles. The molecule has 20 heavy (non-hydrogen) atoms. The molecule has 5 heteroatoms. The van der Waals surface area contributed by atoms with Gasteiger partial charge in [-0.25, -0.2) is 0 Å². The zero-order chi connectivity index (χ0) is 16.0. The highest BCUT2D eigenvalue weighted by Crippen LogP contribution is 2.03. The molecule has 0 fully saturated rings. The summed E-state index contributed by atoms with van der Waals surface area (Å²) in [7, 11) is 6.18. The number of hydrogen-bond donors (Lipinski definition) is 0. The van der Waals surface area contributed by atoms with E-state index in [1.165, 1.54) is 19.8 Å². The number of carbonyl (C=O) groups excluding carboxylic acids is 2. The molecule has 0 rings (SSSR count). The summed E-state index contributed by atoms with van der Waals surface area (Å²) in [4.78, 5) is 20.2. The van der Waals surface area contributed by atoms with Crippen molar-refractivity contribution in [2.24, 2.45) is 0 Å². The number of hydrogen-bond acceptors (Lipinski definition) is 4. The zero-order valence-corrected chi connectivity index (χ0v) is 13.7. The summed E-state index contributed by atoms with van der Waals surface area (Å²) in [5, 5.41) is 9.92. The molecule has 0 unspecified atom stereocenters. The van der Waals surface area contributed by atoms with Crippen molar-refractivity contribution in [1.29, 1.82) is 0 Å². The Bertz CT molecular complexity index is 259. The van der Waals surface area contributed by atoms with E-state index in [0.717, 1.165) is 30.3 Å². The number of nitrogens with zero attached hydrogens (tertiary/aromatic N) is 1. The molecule has 0 aromatic heterocycles. The standard InChI is InChI=1S/C8H16O2.C7H16NO2/c1-2-3-4-5-6-7-8(9)10;1-7(9)10-6-5-8(2,3)4/h2-7H2,1H3,(H,9,10);5-6H2,1-4H3/q;+1/p-1. The fourth-order valence-electron chi connectivity index (χ4n) is 1.34. The number of carbonyl (C=O) groups is 2. The smallest absolute Gasteiger partial charge is 0.302 e. The van der Waals surface area contributed by atoms with Crippen LogP contribution in [0.2, 0.25) is 0 Å². The van der Waals surface area contributed by atoms with Crippen LogP contribution in [0.25, 0.3) is 0 Å². The van der Waals surface area contributed by atoms with Crippen LogP contribution in [0.4, 0.5) is 0 Å². The first-order valence-corrected chi connectivity index (χ1v) is 7.32. The lowest BCUT2D eigenvalue weighted by Gasteiger charge is -2.23. The van der Waals surface area contributed by atoms with E-state index in [9.17, 15) is 14.7 Å². The first kappa shape index (κ1) is 21.2. The van der Waals surface area contributed by atoms with Gasteiger partial charge in [0, 0.05) is 12.9 Å². The molecular formula is C15H31NO4. The Morgan fingerprint density at radius 3 is 2.00 bits per heavy atom. The number of quaternary nitrogens is 1. The van der Waals surface area contributed by atoms with Crippen LogP contribution in [-0.2, 0) is 14.3 Å². The summed E-state index contributed by atoms with van der Waals surface area (Å²) in [6, 6.07) is 0. The Balaban J connectivity index is 0. The van der Waals surface area contributed by atoms with Gasteiger partial charge in [-0.1, -0.05) is 32.6 Å². The quantitative estimate of drug-likeness (QED) is 0.365. The Labute approximate surface area is 123 Å². The second-order valence-electron chi connectivity index (χ2n) is 5.89. The second-order valence-corrected chi connectivity index (χ2v) is 5.89. The molecule has 0 spiro atoms. The van der Waals surface area contributed by atoms with Crippen molar-refractivity contribution < 1.29 is 23.9 Å². The lowest BCUT2D eigenvalue weighted by molar-refractivity contribution is -0.870. The minimum atomic E-state index is -0.920. The van der Waals surface area contributed by atoms with E-state index in [1.54, 1.807) is 0 Å². The Hall–Kier alpha value is -1.10. The Morgan fingerprint density at radius 2 is 1.60 bits per heavy atom. The molecule has 0 amide bonds. The van der Waals surface area contributed by atoms with Crippen LogP contribution in [0.3, 0.4) is 0 Å². The van der Waals surface area contributed by atoms with Crippen LogP contribution >= 0.6 is 0 Å². The first-order valence-electron chi connectivity index (χ1n) is 7.32. The predicted octanol–water partition coefficient (Wildman–Crippen LogP) is 1.35. The number of likely N-dealkylation sites (N-methyl/N-ethyl adjacent to an activating group) is 1. The predicted molar refractivity (Wildman–Crippen MR) is 77.9 cm³/mol. The number of rotatable bonds is 9. The monoisotopic (exact) mass is 289 g/mol. The van der Waals surface area contributed by atoms with E-state index in [1.807, 2.05) is 0 Å². The molecule has 0 N–H and O–H groups in total. The molecule has 0 aromatic carbocycles. The largest absolute Gasteiger partial charge is 0.550 e. The van der Waals surface area contributed by atoms with Gasteiger partial charge >= 0.3 is 5.97 Å². The van der Waals surface area contributed by atoms with Crippen molar-refractivity contribution in [1.82, 2.24) is 0 Å². The Morgan fingerprint density at radius 1 is 1.05 bits per heavy atom. The van der Waals surface area contributed by atoms with Crippen molar-refractivity contribution in [3.05, 3.63) is 0 Å². The summed E-state index contributed by atoms with van der Waals surface area (Å²) in [5.41, 5.74) is 0. The minimum absolute atomic E-state index is 0.201. The third kappa shape index (κ3) is 25.7. The van der Waals surface area contributed by atoms with Crippen molar-refractivity contribution in [3.8, 4) is 0 Å². The summed E-state index contributed by atoms with van der Waals surface area (Å²) in [5.74, 6) is -1.12. The summed E-state index contributed by atoms with van der Waals surface area (Å²) < 4.78 is 5.59. The summed E-state index contributed by atoms with van der Waals surface area (Å²) in [6.07, 6.45) is 5.61.